The average Bonchev–Trinajstić information content (AvgIpc) is 2.71. The summed E-state index contributed by atoms with van der Waals surface area (Å²) in [7, 11) is 0. The van der Waals surface area contributed by atoms with E-state index in [2.05, 4.69) is 5.32 Å². The third kappa shape index (κ3) is 2.93. The maximum Gasteiger partial charge on any atom is 0.438 e. The molecule has 0 aliphatic carbocycles. The van der Waals surface area contributed by atoms with Crippen molar-refractivity contribution in [3.05, 3.63) is 36.5 Å². The van der Waals surface area contributed by atoms with E-state index in [1.165, 1.54) is 4.73 Å². The number of nitrogens with one attached hydrogen (secondary N) is 1. The highest BCUT2D eigenvalue weighted by Gasteiger charge is 2.24. The molecule has 0 saturated carbocycles. The molecule has 0 fully saturated rings. The number of imide groups is 1. The van der Waals surface area contributed by atoms with Gasteiger partial charge in [0.05, 0.1) is 5.52 Å². The van der Waals surface area contributed by atoms with Gasteiger partial charge in [-0.2, -0.15) is 4.73 Å². The summed E-state index contributed by atoms with van der Waals surface area (Å²) in [5.41, 5.74) is 0.124. The Balaban J connectivity index is 2.09. The lowest BCUT2D eigenvalue weighted by molar-refractivity contribution is -0.127. The van der Waals surface area contributed by atoms with Gasteiger partial charge in [-0.15, -0.1) is 0 Å². The Morgan fingerprint density at radius 3 is 2.53 bits per heavy atom. The molecule has 5 nitrogen and oxygen atoms in total. The van der Waals surface area contributed by atoms with E-state index in [1.54, 1.807) is 27.0 Å². The zero-order chi connectivity index (χ0) is 14.0. The van der Waals surface area contributed by atoms with Crippen LogP contribution in [0.2, 0.25) is 0 Å². The molecule has 0 bridgehead atoms. The summed E-state index contributed by atoms with van der Waals surface area (Å²) in [5.74, 6) is -0.381. The number of rotatable bonds is 1. The molecule has 5 heteroatoms. The fourth-order valence-electron chi connectivity index (χ4n) is 1.53. The largest absolute Gasteiger partial charge is 0.438 e. The minimum atomic E-state index is -0.790. The van der Waals surface area contributed by atoms with Crippen molar-refractivity contribution in [2.75, 3.05) is 0 Å². The number of benzene rings is 1. The predicted molar refractivity (Wildman–Crippen MR) is 71.5 cm³/mol. The lowest BCUT2D eigenvalue weighted by atomic mass is 9.96. The van der Waals surface area contributed by atoms with Gasteiger partial charge in [-0.25, -0.2) is 4.79 Å². The first kappa shape index (κ1) is 13.1. The molecule has 0 spiro atoms. The van der Waals surface area contributed by atoms with Gasteiger partial charge in [-0.1, -0.05) is 39.0 Å². The van der Waals surface area contributed by atoms with Crippen molar-refractivity contribution in [3.63, 3.8) is 0 Å². The van der Waals surface area contributed by atoms with Crippen LogP contribution in [0.4, 0.5) is 4.79 Å². The third-order valence-electron chi connectivity index (χ3n) is 2.64. The first-order valence-electron chi connectivity index (χ1n) is 5.98. The SMILES string of the molecule is CC(C)(C)C(=O)NC(=O)On1ccc2ccccc21. The van der Waals surface area contributed by atoms with Gasteiger partial charge >= 0.3 is 6.09 Å². The van der Waals surface area contributed by atoms with Gasteiger partial charge in [0.1, 0.15) is 0 Å². The maximum absolute atomic E-state index is 11.6. The fourth-order valence-corrected chi connectivity index (χ4v) is 1.53. The quantitative estimate of drug-likeness (QED) is 0.856. The van der Waals surface area contributed by atoms with Gasteiger partial charge < -0.3 is 4.84 Å². The van der Waals surface area contributed by atoms with Crippen LogP contribution < -0.4 is 10.2 Å². The smallest absolute Gasteiger partial charge is 0.317 e. The number of fused-ring (bicyclic) bond motifs is 1. The lowest BCUT2D eigenvalue weighted by Gasteiger charge is -2.16. The van der Waals surface area contributed by atoms with E-state index in [-0.39, 0.29) is 5.91 Å². The van der Waals surface area contributed by atoms with Crippen LogP contribution in [0.15, 0.2) is 36.5 Å². The van der Waals surface area contributed by atoms with Crippen molar-refractivity contribution in [1.82, 2.24) is 10.0 Å². The molecule has 0 aliphatic heterocycles. The molecular formula is C14H16N2O3. The van der Waals surface area contributed by atoms with E-state index in [0.717, 1.165) is 10.9 Å². The molecule has 0 radical (unpaired) electrons. The topological polar surface area (TPSA) is 60.3 Å². The summed E-state index contributed by atoms with van der Waals surface area (Å²) < 4.78 is 1.33. The molecular weight excluding hydrogens is 244 g/mol. The van der Waals surface area contributed by atoms with Crippen molar-refractivity contribution < 1.29 is 14.4 Å². The second-order valence-electron chi connectivity index (χ2n) is 5.28. The van der Waals surface area contributed by atoms with Gasteiger partial charge in [-0.05, 0) is 12.1 Å². The van der Waals surface area contributed by atoms with Crippen LogP contribution in [0.25, 0.3) is 10.9 Å². The van der Waals surface area contributed by atoms with E-state index in [1.807, 2.05) is 30.3 Å². The Hall–Kier alpha value is -2.30. The van der Waals surface area contributed by atoms with Crippen molar-refractivity contribution >= 4 is 22.9 Å². The Morgan fingerprint density at radius 2 is 1.84 bits per heavy atom. The van der Waals surface area contributed by atoms with Crippen LogP contribution in [-0.4, -0.2) is 16.7 Å². The van der Waals surface area contributed by atoms with Gasteiger partial charge in [-0.3, -0.25) is 10.1 Å². The van der Waals surface area contributed by atoms with Crippen molar-refractivity contribution in [1.29, 1.82) is 0 Å². The summed E-state index contributed by atoms with van der Waals surface area (Å²) in [4.78, 5) is 28.4. The highest BCUT2D eigenvalue weighted by atomic mass is 16.7. The van der Waals surface area contributed by atoms with E-state index in [9.17, 15) is 9.59 Å². The molecule has 1 aromatic carbocycles. The zero-order valence-electron chi connectivity index (χ0n) is 11.1. The van der Waals surface area contributed by atoms with Crippen LogP contribution in [0, 0.1) is 5.41 Å². The van der Waals surface area contributed by atoms with Gasteiger partial charge in [0.2, 0.25) is 5.91 Å². The van der Waals surface area contributed by atoms with Gasteiger partial charge in [0.15, 0.2) is 0 Å². The minimum absolute atomic E-state index is 0.381. The Kier molecular flexibility index (Phi) is 3.29. The van der Waals surface area contributed by atoms with E-state index in [0.29, 0.717) is 0 Å². The molecule has 2 rings (SSSR count). The molecule has 19 heavy (non-hydrogen) atoms. The highest BCUT2D eigenvalue weighted by Crippen LogP contribution is 2.14. The Morgan fingerprint density at radius 1 is 1.16 bits per heavy atom. The standard InChI is InChI=1S/C14H16N2O3/c1-14(2,3)12(17)15-13(18)19-16-9-8-10-6-4-5-7-11(10)16/h4-9H,1-3H3,(H,15,17,18). The van der Waals surface area contributed by atoms with Crippen LogP contribution in [-0.2, 0) is 4.79 Å². The second kappa shape index (κ2) is 4.76. The summed E-state index contributed by atoms with van der Waals surface area (Å²) in [6.07, 6.45) is 0.840. The monoisotopic (exact) mass is 260 g/mol. The number of carbonyl (C=O) groups is 2. The van der Waals surface area contributed by atoms with Crippen molar-refractivity contribution in [2.24, 2.45) is 5.41 Å². The molecule has 2 amide bonds. The van der Waals surface area contributed by atoms with Crippen molar-refractivity contribution in [2.45, 2.75) is 20.8 Å². The first-order chi connectivity index (χ1) is 8.88. The molecule has 0 saturated heterocycles. The van der Waals surface area contributed by atoms with Crippen molar-refractivity contribution in [3.8, 4) is 0 Å². The zero-order valence-corrected chi connectivity index (χ0v) is 11.1. The summed E-state index contributed by atoms with van der Waals surface area (Å²) in [6.45, 7) is 5.17. The molecule has 1 N–H and O–H groups in total. The molecule has 0 aliphatic rings. The summed E-state index contributed by atoms with van der Waals surface area (Å²) in [6, 6.07) is 9.31. The summed E-state index contributed by atoms with van der Waals surface area (Å²) in [5, 5.41) is 3.16. The number of aromatic nitrogens is 1. The fraction of sp³-hybridized carbons (Fsp3) is 0.286. The van der Waals surface area contributed by atoms with E-state index in [4.69, 9.17) is 4.84 Å². The number of amides is 2. The number of carbonyl (C=O) groups excluding carboxylic acids is 2. The molecule has 0 atom stereocenters. The second-order valence-corrected chi connectivity index (χ2v) is 5.28. The molecule has 100 valence electrons. The molecule has 2 aromatic rings. The van der Waals surface area contributed by atoms with Crippen LogP contribution >= 0.6 is 0 Å². The number of nitrogens with zero attached hydrogens (tertiary/aromatic N) is 1. The lowest BCUT2D eigenvalue weighted by Crippen LogP contribution is -2.42. The average molecular weight is 260 g/mol. The first-order valence-corrected chi connectivity index (χ1v) is 5.98. The molecule has 1 heterocycles. The minimum Gasteiger partial charge on any atom is -0.317 e. The maximum atomic E-state index is 11.6. The van der Waals surface area contributed by atoms with Crippen LogP contribution in [0.5, 0.6) is 0 Å². The normalized spacial score (nSPS) is 11.3. The predicted octanol–water partition coefficient (Wildman–Crippen LogP) is 2.35. The van der Waals surface area contributed by atoms with Crippen LogP contribution in [0.1, 0.15) is 20.8 Å². The van der Waals surface area contributed by atoms with Gasteiger partial charge in [0.25, 0.3) is 0 Å². The number of para-hydroxylation sites is 1. The van der Waals surface area contributed by atoms with Crippen LogP contribution in [0.3, 0.4) is 0 Å². The highest BCUT2D eigenvalue weighted by molar-refractivity contribution is 5.94. The van der Waals surface area contributed by atoms with E-state index >= 15 is 0 Å². The third-order valence-corrected chi connectivity index (χ3v) is 2.64. The van der Waals surface area contributed by atoms with Gasteiger partial charge in [0, 0.05) is 17.0 Å². The molecule has 1 aromatic heterocycles. The Bertz CT molecular complexity index is 623. The number of hydrogen-bond donors (Lipinski definition) is 1. The Labute approximate surface area is 111 Å². The molecule has 0 unspecified atom stereocenters. The number of hydrogen-bond acceptors (Lipinski definition) is 3. The van der Waals surface area contributed by atoms with E-state index < -0.39 is 11.5 Å². The summed E-state index contributed by atoms with van der Waals surface area (Å²) >= 11 is 0.